The van der Waals surface area contributed by atoms with E-state index in [-0.39, 0.29) is 29.6 Å². The molecule has 0 fully saturated rings. The van der Waals surface area contributed by atoms with Crippen LogP contribution in [-0.4, -0.2) is 69.4 Å². The number of hydrogen-bond acceptors (Lipinski definition) is 6. The summed E-state index contributed by atoms with van der Waals surface area (Å²) in [5.74, 6) is -0.603. The van der Waals surface area contributed by atoms with Crippen LogP contribution in [0.5, 0.6) is 0 Å². The van der Waals surface area contributed by atoms with Crippen LogP contribution in [0.2, 0.25) is 0 Å². The van der Waals surface area contributed by atoms with E-state index in [1.165, 1.54) is 18.4 Å². The van der Waals surface area contributed by atoms with Crippen molar-refractivity contribution in [3.8, 4) is 0 Å². The molecule has 0 spiro atoms. The van der Waals surface area contributed by atoms with E-state index >= 15 is 0 Å². The first-order valence-electron chi connectivity index (χ1n) is 9.60. The number of hydrogen-bond donors (Lipinski definition) is 1. The normalized spacial score (nSPS) is 18.5. The molecule has 0 unspecified atom stereocenters. The molecule has 0 aliphatic carbocycles. The lowest BCUT2D eigenvalue weighted by Gasteiger charge is -2.19. The topological polar surface area (TPSA) is 86.5 Å². The summed E-state index contributed by atoms with van der Waals surface area (Å²) in [6.07, 6.45) is 14.2. The number of alkyl halides is 1. The molecule has 31 heavy (non-hydrogen) atoms. The number of sulfonamides is 1. The second-order valence-corrected chi connectivity index (χ2v) is 8.84. The summed E-state index contributed by atoms with van der Waals surface area (Å²) < 4.78 is 39.9. The molecule has 1 aliphatic rings. The molecule has 7 nitrogen and oxygen atoms in total. The number of nitrogens with one attached hydrogen (secondary N) is 1. The van der Waals surface area contributed by atoms with Gasteiger partial charge in [0.05, 0.1) is 31.3 Å². The number of halogens is 2. The van der Waals surface area contributed by atoms with Gasteiger partial charge >= 0.3 is 0 Å². The second kappa shape index (κ2) is 13.8. The number of aliphatic imine (C=N–C) groups is 2. The van der Waals surface area contributed by atoms with E-state index in [1.54, 1.807) is 17.4 Å². The van der Waals surface area contributed by atoms with Crippen molar-refractivity contribution in [3.05, 3.63) is 60.1 Å². The van der Waals surface area contributed by atoms with Gasteiger partial charge in [0.2, 0.25) is 10.0 Å². The summed E-state index contributed by atoms with van der Waals surface area (Å²) in [5.41, 5.74) is 0.976. The Hall–Kier alpha value is -2.36. The predicted molar refractivity (Wildman–Crippen MR) is 129 cm³/mol. The minimum atomic E-state index is -3.48. The van der Waals surface area contributed by atoms with Gasteiger partial charge in [-0.15, -0.1) is 11.6 Å². The summed E-state index contributed by atoms with van der Waals surface area (Å²) in [6.45, 7) is 8.31. The van der Waals surface area contributed by atoms with Crippen molar-refractivity contribution in [3.63, 3.8) is 0 Å². The second-order valence-electron chi connectivity index (χ2n) is 6.70. The van der Waals surface area contributed by atoms with Gasteiger partial charge in [0.1, 0.15) is 5.83 Å². The monoisotopic (exact) mass is 469 g/mol. The molecule has 0 saturated carbocycles. The van der Waals surface area contributed by atoms with E-state index < -0.39 is 15.9 Å². The molecule has 0 bridgehead atoms. The van der Waals surface area contributed by atoms with Crippen LogP contribution in [0.3, 0.4) is 0 Å². The molecule has 170 valence electrons. The first kappa shape index (κ1) is 26.7. The number of nitrogens with zero attached hydrogens (tertiary/aromatic N) is 4. The van der Waals surface area contributed by atoms with Crippen molar-refractivity contribution in [2.75, 3.05) is 31.8 Å². The van der Waals surface area contributed by atoms with Crippen LogP contribution >= 0.6 is 11.6 Å². The van der Waals surface area contributed by atoms with Crippen molar-refractivity contribution in [2.45, 2.75) is 19.9 Å². The van der Waals surface area contributed by atoms with E-state index in [1.807, 2.05) is 32.1 Å². The van der Waals surface area contributed by atoms with Crippen molar-refractivity contribution < 1.29 is 12.8 Å². The molecule has 0 aromatic carbocycles. The quantitative estimate of drug-likeness (QED) is 0.218. The lowest BCUT2D eigenvalue weighted by atomic mass is 10.1. The van der Waals surface area contributed by atoms with Gasteiger partial charge in [0, 0.05) is 42.0 Å². The Morgan fingerprint density at radius 1 is 1.45 bits per heavy atom. The van der Waals surface area contributed by atoms with E-state index in [2.05, 4.69) is 26.4 Å². The Bertz CT molecular complexity index is 931. The molecule has 0 saturated heterocycles. The highest BCUT2D eigenvalue weighted by molar-refractivity contribution is 7.88. The van der Waals surface area contributed by atoms with Crippen molar-refractivity contribution >= 4 is 39.8 Å². The third-order valence-electron chi connectivity index (χ3n) is 3.84. The molecule has 0 radical (unpaired) electrons. The zero-order valence-corrected chi connectivity index (χ0v) is 19.6. The number of allylic oxidation sites excluding steroid dienone is 5. The molecule has 0 aromatic heterocycles. The minimum absolute atomic E-state index is 0.0118. The largest absolute Gasteiger partial charge is 0.291 e. The average molecular weight is 470 g/mol. The maximum atomic E-state index is 15.0. The summed E-state index contributed by atoms with van der Waals surface area (Å²) in [7, 11) is -3.48. The molecule has 1 N–H and O–H groups in total. The third kappa shape index (κ3) is 11.0. The van der Waals surface area contributed by atoms with Gasteiger partial charge in [-0.2, -0.15) is 5.10 Å². The fraction of sp³-hybridized carbons (Fsp3) is 0.381. The molecular formula is C21H29ClFN5O2S. The summed E-state index contributed by atoms with van der Waals surface area (Å²) >= 11 is 5.78. The van der Waals surface area contributed by atoms with Gasteiger partial charge in [-0.3, -0.25) is 15.0 Å². The number of hydrazone groups is 1. The lowest BCUT2D eigenvalue weighted by molar-refractivity contribution is 0.329. The van der Waals surface area contributed by atoms with Gasteiger partial charge in [-0.1, -0.05) is 24.8 Å². The van der Waals surface area contributed by atoms with Crippen LogP contribution in [0, 0.1) is 0 Å². The Morgan fingerprint density at radius 3 is 2.81 bits per heavy atom. The Labute approximate surface area is 189 Å². The van der Waals surface area contributed by atoms with Gasteiger partial charge in [-0.05, 0) is 26.0 Å². The van der Waals surface area contributed by atoms with Gasteiger partial charge in [0.25, 0.3) is 0 Å². The summed E-state index contributed by atoms with van der Waals surface area (Å²) in [4.78, 5) is 8.53. The maximum Gasteiger partial charge on any atom is 0.209 e. The molecule has 1 heterocycles. The van der Waals surface area contributed by atoms with Crippen LogP contribution in [0.4, 0.5) is 4.39 Å². The summed E-state index contributed by atoms with van der Waals surface area (Å²) in [6, 6.07) is -0.0118. The zero-order valence-electron chi connectivity index (χ0n) is 18.0. The predicted octanol–water partition coefficient (Wildman–Crippen LogP) is 3.40. The average Bonchev–Trinajstić information content (AvgIpc) is 2.67. The van der Waals surface area contributed by atoms with Gasteiger partial charge in [-0.25, -0.2) is 17.5 Å². The Kier molecular flexibility index (Phi) is 11.9. The molecule has 0 amide bonds. The first-order valence-corrected chi connectivity index (χ1v) is 12.0. The van der Waals surface area contributed by atoms with E-state index in [0.717, 1.165) is 12.0 Å². The SMILES string of the molecule is C=C\C(CNS(C)(=O)=O)=C(F)/C(=C\CCl)/C=N/N(/C=C/C1=NC/C=N\C/C=C\1)C(C)C. The standard InChI is InChI=1S/C21H29ClFN5O2S/c1-5-18(16-27-31(4,29)30)21(23)19(8-10-22)15-26-28(17(2)3)14-9-20-7-6-11-24-12-13-25-20/h5-9,12,14-15,17,27H,1,10-11,13,16H2,2-4H3/b7-6-,14-9+,19-8-,21-18-,24-12-,25-20?,26-15+. The summed E-state index contributed by atoms with van der Waals surface area (Å²) in [5, 5.41) is 6.01. The lowest BCUT2D eigenvalue weighted by Crippen LogP contribution is -2.24. The smallest absolute Gasteiger partial charge is 0.209 e. The van der Waals surface area contributed by atoms with E-state index in [4.69, 9.17) is 11.6 Å². The van der Waals surface area contributed by atoms with Crippen LogP contribution in [0.25, 0.3) is 0 Å². The fourth-order valence-electron chi connectivity index (χ4n) is 2.22. The number of rotatable bonds is 11. The van der Waals surface area contributed by atoms with E-state index in [0.29, 0.717) is 13.1 Å². The molecule has 0 aromatic rings. The third-order valence-corrected chi connectivity index (χ3v) is 4.67. The van der Waals surface area contributed by atoms with Gasteiger partial charge in [0.15, 0.2) is 0 Å². The minimum Gasteiger partial charge on any atom is -0.291 e. The highest BCUT2D eigenvalue weighted by Gasteiger charge is 2.11. The van der Waals surface area contributed by atoms with Crippen molar-refractivity contribution in [1.82, 2.24) is 9.73 Å². The van der Waals surface area contributed by atoms with Crippen molar-refractivity contribution in [2.24, 2.45) is 15.1 Å². The first-order chi connectivity index (χ1) is 14.7. The highest BCUT2D eigenvalue weighted by atomic mass is 35.5. The zero-order chi connectivity index (χ0) is 23.3. The molecule has 0 atom stereocenters. The maximum absolute atomic E-state index is 15.0. The molecule has 10 heteroatoms. The molecule has 1 rings (SSSR count). The Morgan fingerprint density at radius 2 is 2.19 bits per heavy atom. The van der Waals surface area contributed by atoms with Crippen LogP contribution in [0.1, 0.15) is 13.8 Å². The highest BCUT2D eigenvalue weighted by Crippen LogP contribution is 2.17. The van der Waals surface area contributed by atoms with Crippen LogP contribution < -0.4 is 4.72 Å². The molecule has 1 aliphatic heterocycles. The van der Waals surface area contributed by atoms with Crippen LogP contribution in [-0.2, 0) is 10.0 Å². The van der Waals surface area contributed by atoms with Crippen LogP contribution in [0.15, 0.2) is 75.2 Å². The van der Waals surface area contributed by atoms with E-state index in [9.17, 15) is 12.8 Å². The Balaban J connectivity index is 3.11. The fourth-order valence-corrected chi connectivity index (χ4v) is 2.80. The molecular weight excluding hydrogens is 441 g/mol. The van der Waals surface area contributed by atoms with Crippen molar-refractivity contribution in [1.29, 1.82) is 0 Å². The van der Waals surface area contributed by atoms with Gasteiger partial charge < -0.3 is 0 Å².